The van der Waals surface area contributed by atoms with Gasteiger partial charge >= 0.3 is 0 Å². The third-order valence-electron chi connectivity index (χ3n) is 3.72. The minimum Gasteiger partial charge on any atom is -0.457 e. The Morgan fingerprint density at radius 3 is 2.24 bits per heavy atom. The minimum absolute atomic E-state index is 0.0773. The summed E-state index contributed by atoms with van der Waals surface area (Å²) < 4.78 is 5.98. The van der Waals surface area contributed by atoms with Crippen LogP contribution in [0, 0.1) is 0 Å². The molecule has 0 radical (unpaired) electrons. The lowest BCUT2D eigenvalue weighted by molar-refractivity contribution is -0.114. The molecule has 0 fully saturated rings. The molecule has 2 rings (SSSR count). The highest BCUT2D eigenvalue weighted by Gasteiger charge is 2.19. The fourth-order valence-electron chi connectivity index (χ4n) is 2.32. The Hall–Kier alpha value is -2.82. The molecule has 0 saturated heterocycles. The molecule has 5 nitrogen and oxygen atoms in total. The molecule has 5 heteroatoms. The summed E-state index contributed by atoms with van der Waals surface area (Å²) in [5.74, 6) is 0.875. The molecular formula is C20H24N2O3. The minimum atomic E-state index is -0.346. The van der Waals surface area contributed by atoms with Crippen molar-refractivity contribution in [2.24, 2.45) is 5.16 Å². The fraction of sp³-hybridized carbons (Fsp3) is 0.300. The smallest absolute Gasteiger partial charge is 0.273 e. The lowest BCUT2D eigenvalue weighted by Crippen LogP contribution is -2.28. The van der Waals surface area contributed by atoms with Gasteiger partial charge in [0.15, 0.2) is 5.71 Å². The number of nitrogens with zero attached hydrogens (tertiary/aromatic N) is 1. The van der Waals surface area contributed by atoms with Gasteiger partial charge in [0.05, 0.1) is 5.56 Å². The number of hydrogen-bond donors (Lipinski definition) is 1. The van der Waals surface area contributed by atoms with Crippen molar-refractivity contribution in [3.8, 4) is 11.5 Å². The molecule has 0 spiro atoms. The summed E-state index contributed by atoms with van der Waals surface area (Å²) in [6, 6.07) is 15.2. The SMILES string of the molecule is CNC(=O)/C(=N/OC)c1ccccc1Oc1ccc(C(C)(C)C)cc1. The monoisotopic (exact) mass is 340 g/mol. The molecule has 132 valence electrons. The highest BCUT2D eigenvalue weighted by atomic mass is 16.6. The Morgan fingerprint density at radius 2 is 1.68 bits per heavy atom. The van der Waals surface area contributed by atoms with Gasteiger partial charge in [-0.15, -0.1) is 0 Å². The molecule has 0 aliphatic rings. The predicted octanol–water partition coefficient (Wildman–Crippen LogP) is 3.87. The molecule has 0 saturated carbocycles. The lowest BCUT2D eigenvalue weighted by atomic mass is 9.87. The van der Waals surface area contributed by atoms with Gasteiger partial charge in [0, 0.05) is 7.05 Å². The molecule has 1 amide bonds. The van der Waals surface area contributed by atoms with Crippen LogP contribution in [0.5, 0.6) is 11.5 Å². The number of rotatable bonds is 5. The van der Waals surface area contributed by atoms with E-state index in [0.717, 1.165) is 0 Å². The topological polar surface area (TPSA) is 59.9 Å². The Bertz CT molecular complexity index is 759. The Balaban J connectivity index is 2.35. The summed E-state index contributed by atoms with van der Waals surface area (Å²) in [6.07, 6.45) is 0. The van der Waals surface area contributed by atoms with Gasteiger partial charge in [0.2, 0.25) is 0 Å². The molecular weight excluding hydrogens is 316 g/mol. The van der Waals surface area contributed by atoms with Crippen LogP contribution in [-0.2, 0) is 15.0 Å². The molecule has 0 unspecified atom stereocenters. The number of likely N-dealkylation sites (N-methyl/N-ethyl adjacent to an activating group) is 1. The first-order chi connectivity index (χ1) is 11.9. The number of amides is 1. The van der Waals surface area contributed by atoms with E-state index in [-0.39, 0.29) is 17.0 Å². The predicted molar refractivity (Wildman–Crippen MR) is 99.3 cm³/mol. The van der Waals surface area contributed by atoms with Crippen molar-refractivity contribution in [1.82, 2.24) is 5.32 Å². The van der Waals surface area contributed by atoms with Gasteiger partial charge in [-0.05, 0) is 35.2 Å². The maximum Gasteiger partial charge on any atom is 0.273 e. The summed E-state index contributed by atoms with van der Waals surface area (Å²) >= 11 is 0. The summed E-state index contributed by atoms with van der Waals surface area (Å²) in [5.41, 5.74) is 2.02. The van der Waals surface area contributed by atoms with E-state index in [9.17, 15) is 4.79 Å². The van der Waals surface area contributed by atoms with Crippen LogP contribution in [0.15, 0.2) is 53.7 Å². The van der Waals surface area contributed by atoms with Crippen LogP contribution in [0.1, 0.15) is 31.9 Å². The van der Waals surface area contributed by atoms with E-state index in [2.05, 4.69) is 31.2 Å². The molecule has 0 aliphatic heterocycles. The third-order valence-corrected chi connectivity index (χ3v) is 3.72. The number of oxime groups is 1. The Labute approximate surface area is 148 Å². The molecule has 0 aliphatic carbocycles. The van der Waals surface area contributed by atoms with E-state index in [1.807, 2.05) is 36.4 Å². The zero-order valence-corrected chi connectivity index (χ0v) is 15.3. The van der Waals surface area contributed by atoms with Crippen LogP contribution in [0.25, 0.3) is 0 Å². The van der Waals surface area contributed by atoms with E-state index < -0.39 is 0 Å². The summed E-state index contributed by atoms with van der Waals surface area (Å²) in [4.78, 5) is 16.9. The molecule has 0 aromatic heterocycles. The van der Waals surface area contributed by atoms with Gasteiger partial charge < -0.3 is 14.9 Å². The number of benzene rings is 2. The lowest BCUT2D eigenvalue weighted by Gasteiger charge is -2.19. The number of nitrogens with one attached hydrogen (secondary N) is 1. The second kappa shape index (κ2) is 7.83. The van der Waals surface area contributed by atoms with Crippen molar-refractivity contribution in [2.45, 2.75) is 26.2 Å². The average Bonchev–Trinajstić information content (AvgIpc) is 2.59. The van der Waals surface area contributed by atoms with Crippen molar-refractivity contribution in [3.05, 3.63) is 59.7 Å². The van der Waals surface area contributed by atoms with Crippen LogP contribution < -0.4 is 10.1 Å². The second-order valence-corrected chi connectivity index (χ2v) is 6.57. The molecule has 25 heavy (non-hydrogen) atoms. The maximum absolute atomic E-state index is 12.1. The molecule has 0 heterocycles. The van der Waals surface area contributed by atoms with E-state index in [0.29, 0.717) is 17.1 Å². The van der Waals surface area contributed by atoms with Crippen LogP contribution in [-0.4, -0.2) is 25.8 Å². The second-order valence-electron chi connectivity index (χ2n) is 6.57. The highest BCUT2D eigenvalue weighted by molar-refractivity contribution is 6.45. The molecule has 1 N–H and O–H groups in total. The number of para-hydroxylation sites is 1. The van der Waals surface area contributed by atoms with Crippen LogP contribution in [0.2, 0.25) is 0 Å². The summed E-state index contributed by atoms with van der Waals surface area (Å²) in [5, 5.41) is 6.40. The van der Waals surface area contributed by atoms with E-state index >= 15 is 0 Å². The fourth-order valence-corrected chi connectivity index (χ4v) is 2.32. The molecule has 2 aromatic rings. The largest absolute Gasteiger partial charge is 0.457 e. The first-order valence-electron chi connectivity index (χ1n) is 8.08. The number of carbonyl (C=O) groups excluding carboxylic acids is 1. The number of carbonyl (C=O) groups is 1. The van der Waals surface area contributed by atoms with E-state index in [4.69, 9.17) is 9.57 Å². The van der Waals surface area contributed by atoms with Crippen LogP contribution in [0.4, 0.5) is 0 Å². The Kier molecular flexibility index (Phi) is 5.80. The quantitative estimate of drug-likeness (QED) is 0.664. The van der Waals surface area contributed by atoms with Crippen molar-refractivity contribution in [1.29, 1.82) is 0 Å². The maximum atomic E-state index is 12.1. The zero-order chi connectivity index (χ0) is 18.4. The molecule has 0 atom stereocenters. The Morgan fingerprint density at radius 1 is 1.04 bits per heavy atom. The van der Waals surface area contributed by atoms with Gasteiger partial charge in [-0.3, -0.25) is 4.79 Å². The first kappa shape index (κ1) is 18.5. The highest BCUT2D eigenvalue weighted by Crippen LogP contribution is 2.29. The van der Waals surface area contributed by atoms with Gasteiger partial charge in [-0.1, -0.05) is 50.2 Å². The standard InChI is InChI=1S/C20H24N2O3/c1-20(2,3)14-10-12-15(13-11-14)25-17-9-7-6-8-16(17)18(22-24-5)19(23)21-4/h6-13H,1-5H3,(H,21,23)/b22-18+. The van der Waals surface area contributed by atoms with Gasteiger partial charge in [0.25, 0.3) is 5.91 Å². The molecule has 0 bridgehead atoms. The first-order valence-corrected chi connectivity index (χ1v) is 8.08. The summed E-state index contributed by atoms with van der Waals surface area (Å²) in [7, 11) is 2.94. The van der Waals surface area contributed by atoms with Crippen molar-refractivity contribution in [2.75, 3.05) is 14.2 Å². The van der Waals surface area contributed by atoms with Gasteiger partial charge in [-0.2, -0.15) is 0 Å². The number of hydrogen-bond acceptors (Lipinski definition) is 4. The van der Waals surface area contributed by atoms with E-state index in [1.54, 1.807) is 19.2 Å². The molecule has 2 aromatic carbocycles. The van der Waals surface area contributed by atoms with Crippen molar-refractivity contribution >= 4 is 11.6 Å². The van der Waals surface area contributed by atoms with Gasteiger partial charge in [-0.25, -0.2) is 0 Å². The zero-order valence-electron chi connectivity index (χ0n) is 15.3. The van der Waals surface area contributed by atoms with Crippen LogP contribution in [0.3, 0.4) is 0 Å². The van der Waals surface area contributed by atoms with E-state index in [1.165, 1.54) is 12.7 Å². The van der Waals surface area contributed by atoms with Crippen molar-refractivity contribution < 1.29 is 14.4 Å². The normalized spacial score (nSPS) is 11.8. The van der Waals surface area contributed by atoms with Crippen LogP contribution >= 0.6 is 0 Å². The third kappa shape index (κ3) is 4.59. The summed E-state index contributed by atoms with van der Waals surface area (Å²) in [6.45, 7) is 6.49. The average molecular weight is 340 g/mol. The number of ether oxygens (including phenoxy) is 1. The van der Waals surface area contributed by atoms with Crippen molar-refractivity contribution in [3.63, 3.8) is 0 Å². The van der Waals surface area contributed by atoms with Gasteiger partial charge in [0.1, 0.15) is 18.6 Å².